The number of hydrogen-bond acceptors (Lipinski definition) is 5. The summed E-state index contributed by atoms with van der Waals surface area (Å²) in [6, 6.07) is 17.1. The van der Waals surface area contributed by atoms with Gasteiger partial charge in [0, 0.05) is 20.6 Å². The fourth-order valence-electron chi connectivity index (χ4n) is 3.66. The largest absolute Gasteiger partial charge is 0.348 e. The number of carbonyl (C=O) groups excluding carboxylic acids is 1. The van der Waals surface area contributed by atoms with Crippen molar-refractivity contribution in [3.05, 3.63) is 70.5 Å². The molecule has 1 unspecified atom stereocenters. The molecule has 0 N–H and O–H groups in total. The van der Waals surface area contributed by atoms with Crippen LogP contribution in [0.4, 0.5) is 0 Å². The van der Waals surface area contributed by atoms with Gasteiger partial charge < -0.3 is 9.80 Å². The van der Waals surface area contributed by atoms with Crippen molar-refractivity contribution in [2.24, 2.45) is 0 Å². The number of benzene rings is 2. The Morgan fingerprint density at radius 1 is 1.03 bits per heavy atom. The third-order valence-electron chi connectivity index (χ3n) is 5.57. The van der Waals surface area contributed by atoms with E-state index in [-0.39, 0.29) is 11.5 Å². The van der Waals surface area contributed by atoms with E-state index in [2.05, 4.69) is 18.7 Å². The molecule has 1 atom stereocenters. The van der Waals surface area contributed by atoms with E-state index in [1.54, 1.807) is 23.6 Å². The molecular formula is C25H32N4O2S. The fourth-order valence-corrected chi connectivity index (χ4v) is 4.92. The van der Waals surface area contributed by atoms with Crippen LogP contribution in [0, 0.1) is 0 Å². The lowest BCUT2D eigenvalue weighted by atomic mass is 10.1. The SMILES string of the molecule is CCN(CC)CCCn1c(SC(C(=O)N(C)C)c2ccccc2)nc2ccccc2c1=O. The van der Waals surface area contributed by atoms with Crippen LogP contribution in [0.2, 0.25) is 0 Å². The van der Waals surface area contributed by atoms with Crippen molar-refractivity contribution in [2.45, 2.75) is 37.2 Å². The van der Waals surface area contributed by atoms with Crippen LogP contribution in [0.5, 0.6) is 0 Å². The molecule has 0 fully saturated rings. The first-order valence-corrected chi connectivity index (χ1v) is 12.0. The van der Waals surface area contributed by atoms with Crippen LogP contribution < -0.4 is 5.56 Å². The molecule has 3 aromatic rings. The zero-order chi connectivity index (χ0) is 23.1. The van der Waals surface area contributed by atoms with E-state index in [1.807, 2.05) is 54.6 Å². The summed E-state index contributed by atoms with van der Waals surface area (Å²) in [5, 5.41) is 0.709. The predicted octanol–water partition coefficient (Wildman–Crippen LogP) is 4.05. The number of para-hydroxylation sites is 1. The smallest absolute Gasteiger partial charge is 0.262 e. The molecule has 3 rings (SSSR count). The molecule has 32 heavy (non-hydrogen) atoms. The monoisotopic (exact) mass is 452 g/mol. The van der Waals surface area contributed by atoms with Gasteiger partial charge in [-0.25, -0.2) is 4.98 Å². The van der Waals surface area contributed by atoms with Gasteiger partial charge in [0.25, 0.3) is 5.56 Å². The second-order valence-corrected chi connectivity index (χ2v) is 8.96. The normalized spacial score (nSPS) is 12.3. The predicted molar refractivity (Wildman–Crippen MR) is 132 cm³/mol. The summed E-state index contributed by atoms with van der Waals surface area (Å²) >= 11 is 1.35. The molecule has 0 aliphatic rings. The number of amides is 1. The molecule has 170 valence electrons. The van der Waals surface area contributed by atoms with Gasteiger partial charge in [-0.2, -0.15) is 0 Å². The van der Waals surface area contributed by atoms with E-state index in [0.717, 1.165) is 31.6 Å². The zero-order valence-electron chi connectivity index (χ0n) is 19.3. The molecule has 0 spiro atoms. The summed E-state index contributed by atoms with van der Waals surface area (Å²) in [5.41, 5.74) is 1.50. The number of rotatable bonds is 10. The first-order chi connectivity index (χ1) is 15.5. The van der Waals surface area contributed by atoms with Crippen LogP contribution in [0.3, 0.4) is 0 Å². The highest BCUT2D eigenvalue weighted by Crippen LogP contribution is 2.35. The Balaban J connectivity index is 2.02. The minimum absolute atomic E-state index is 0.0294. The lowest BCUT2D eigenvalue weighted by molar-refractivity contribution is -0.128. The molecule has 1 amide bonds. The Labute approximate surface area is 194 Å². The van der Waals surface area contributed by atoms with E-state index in [0.29, 0.717) is 22.6 Å². The number of aromatic nitrogens is 2. The molecule has 1 heterocycles. The van der Waals surface area contributed by atoms with Crippen LogP contribution in [0.1, 0.15) is 31.1 Å². The maximum atomic E-state index is 13.4. The van der Waals surface area contributed by atoms with Crippen molar-refractivity contribution < 1.29 is 4.79 Å². The Bertz CT molecular complexity index is 1090. The molecule has 0 aliphatic heterocycles. The lowest BCUT2D eigenvalue weighted by Crippen LogP contribution is -2.30. The summed E-state index contributed by atoms with van der Waals surface area (Å²) in [6.45, 7) is 7.73. The van der Waals surface area contributed by atoms with Crippen LogP contribution in [-0.2, 0) is 11.3 Å². The number of carbonyl (C=O) groups is 1. The second-order valence-electron chi connectivity index (χ2n) is 7.89. The topological polar surface area (TPSA) is 58.4 Å². The first kappa shape index (κ1) is 24.0. The summed E-state index contributed by atoms with van der Waals surface area (Å²) in [5.74, 6) is -0.0294. The average molecular weight is 453 g/mol. The minimum atomic E-state index is -0.478. The molecular weight excluding hydrogens is 420 g/mol. The lowest BCUT2D eigenvalue weighted by Gasteiger charge is -2.22. The van der Waals surface area contributed by atoms with Crippen molar-refractivity contribution in [1.82, 2.24) is 19.4 Å². The van der Waals surface area contributed by atoms with Crippen LogP contribution in [0.25, 0.3) is 10.9 Å². The van der Waals surface area contributed by atoms with Crippen molar-refractivity contribution in [3.8, 4) is 0 Å². The van der Waals surface area contributed by atoms with E-state index in [9.17, 15) is 9.59 Å². The molecule has 1 aromatic heterocycles. The third-order valence-corrected chi connectivity index (χ3v) is 6.80. The summed E-state index contributed by atoms with van der Waals surface area (Å²) in [7, 11) is 3.51. The number of nitrogens with zero attached hydrogens (tertiary/aromatic N) is 4. The Morgan fingerprint density at radius 2 is 1.69 bits per heavy atom. The minimum Gasteiger partial charge on any atom is -0.348 e. The van der Waals surface area contributed by atoms with Gasteiger partial charge in [0.05, 0.1) is 10.9 Å². The molecule has 2 aromatic carbocycles. The standard InChI is InChI=1S/C25H32N4O2S/c1-5-28(6-2)17-12-18-29-23(30)20-15-10-11-16-21(20)26-25(29)32-22(24(31)27(3)4)19-13-8-7-9-14-19/h7-11,13-16,22H,5-6,12,17-18H2,1-4H3. The Kier molecular flexibility index (Phi) is 8.47. The van der Waals surface area contributed by atoms with Gasteiger partial charge in [-0.15, -0.1) is 0 Å². The van der Waals surface area contributed by atoms with Crippen molar-refractivity contribution in [3.63, 3.8) is 0 Å². The number of likely N-dealkylation sites (N-methyl/N-ethyl adjacent to an activating group) is 1. The number of hydrogen-bond donors (Lipinski definition) is 0. The van der Waals surface area contributed by atoms with Crippen LogP contribution in [-0.4, -0.2) is 59.0 Å². The highest BCUT2D eigenvalue weighted by molar-refractivity contribution is 8.00. The van der Waals surface area contributed by atoms with Gasteiger partial charge in [-0.1, -0.05) is 68.1 Å². The van der Waals surface area contributed by atoms with Gasteiger partial charge in [0.15, 0.2) is 5.16 Å². The van der Waals surface area contributed by atoms with E-state index in [4.69, 9.17) is 4.98 Å². The van der Waals surface area contributed by atoms with Gasteiger partial charge >= 0.3 is 0 Å². The fraction of sp³-hybridized carbons (Fsp3) is 0.400. The van der Waals surface area contributed by atoms with Crippen LogP contribution >= 0.6 is 11.8 Å². The van der Waals surface area contributed by atoms with Gasteiger partial charge in [-0.05, 0) is 43.8 Å². The number of fused-ring (bicyclic) bond motifs is 1. The maximum absolute atomic E-state index is 13.4. The summed E-state index contributed by atoms with van der Waals surface area (Å²) < 4.78 is 1.75. The van der Waals surface area contributed by atoms with Crippen LogP contribution in [0.15, 0.2) is 64.5 Å². The molecule has 0 bridgehead atoms. The first-order valence-electron chi connectivity index (χ1n) is 11.1. The number of thioether (sulfide) groups is 1. The van der Waals surface area contributed by atoms with Gasteiger partial charge in [-0.3, -0.25) is 14.2 Å². The highest BCUT2D eigenvalue weighted by atomic mass is 32.2. The van der Waals surface area contributed by atoms with Gasteiger partial charge in [0.2, 0.25) is 5.91 Å². The van der Waals surface area contributed by atoms with Gasteiger partial charge in [0.1, 0.15) is 5.25 Å². The Morgan fingerprint density at radius 3 is 2.34 bits per heavy atom. The zero-order valence-corrected chi connectivity index (χ0v) is 20.1. The molecule has 0 saturated heterocycles. The molecule has 6 nitrogen and oxygen atoms in total. The summed E-state index contributed by atoms with van der Waals surface area (Å²) in [6.07, 6.45) is 0.840. The quantitative estimate of drug-likeness (QED) is 0.343. The van der Waals surface area contributed by atoms with E-state index >= 15 is 0 Å². The van der Waals surface area contributed by atoms with Crippen molar-refractivity contribution >= 4 is 28.6 Å². The second kappa shape index (κ2) is 11.3. The highest BCUT2D eigenvalue weighted by Gasteiger charge is 2.26. The third kappa shape index (κ3) is 5.58. The van der Waals surface area contributed by atoms with E-state index < -0.39 is 5.25 Å². The molecule has 0 radical (unpaired) electrons. The molecule has 0 saturated carbocycles. The Hall–Kier alpha value is -2.64. The van der Waals surface area contributed by atoms with E-state index in [1.165, 1.54) is 11.8 Å². The van der Waals surface area contributed by atoms with Crippen molar-refractivity contribution in [1.29, 1.82) is 0 Å². The summed E-state index contributed by atoms with van der Waals surface area (Å²) in [4.78, 5) is 35.2. The van der Waals surface area contributed by atoms with Crippen molar-refractivity contribution in [2.75, 3.05) is 33.7 Å². The molecule has 0 aliphatic carbocycles. The maximum Gasteiger partial charge on any atom is 0.262 e. The molecule has 7 heteroatoms. The average Bonchev–Trinajstić information content (AvgIpc) is 2.82.